The summed E-state index contributed by atoms with van der Waals surface area (Å²) < 4.78 is 3.10. The molecule has 6 heteroatoms. The Morgan fingerprint density at radius 3 is 2.64 bits per heavy atom. The van der Waals surface area contributed by atoms with Gasteiger partial charge in [-0.3, -0.25) is 14.2 Å². The lowest BCUT2D eigenvalue weighted by Crippen LogP contribution is -2.17. The van der Waals surface area contributed by atoms with Crippen molar-refractivity contribution >= 4 is 11.2 Å². The first-order valence-corrected chi connectivity index (χ1v) is 3.14. The number of H-pyrrole nitrogens is 1. The van der Waals surface area contributed by atoms with E-state index in [1.807, 2.05) is 0 Å². The molecule has 0 aliphatic carbocycles. The fourth-order valence-corrected chi connectivity index (χ4v) is 1.03. The molecule has 2 aromatic rings. The second-order valence-electron chi connectivity index (χ2n) is 2.35. The van der Waals surface area contributed by atoms with Crippen molar-refractivity contribution in [3.63, 3.8) is 0 Å². The molecule has 0 spiro atoms. The first-order chi connectivity index (χ1) is 5.22. The standard InChI is InChI=1S/C5H7N5O/c1-9-4-3(6-8-7-4)5(11)10(9)2/h1-2H3,(H,6,7,8). The Bertz CT molecular complexity index is 447. The van der Waals surface area contributed by atoms with Crippen LogP contribution in [-0.4, -0.2) is 24.8 Å². The molecule has 0 aliphatic rings. The monoisotopic (exact) mass is 153 g/mol. The van der Waals surface area contributed by atoms with E-state index in [0.717, 1.165) is 0 Å². The zero-order valence-electron chi connectivity index (χ0n) is 6.20. The Morgan fingerprint density at radius 2 is 2.00 bits per heavy atom. The summed E-state index contributed by atoms with van der Waals surface area (Å²) in [5.41, 5.74) is 0.837. The minimum absolute atomic E-state index is 0.128. The molecule has 0 radical (unpaired) electrons. The average molecular weight is 153 g/mol. The van der Waals surface area contributed by atoms with E-state index in [2.05, 4.69) is 15.4 Å². The van der Waals surface area contributed by atoms with Crippen molar-refractivity contribution in [1.29, 1.82) is 0 Å². The quantitative estimate of drug-likeness (QED) is 0.527. The number of aromatic nitrogens is 5. The molecule has 2 rings (SSSR count). The molecular formula is C5H7N5O. The summed E-state index contributed by atoms with van der Waals surface area (Å²) in [4.78, 5) is 11.2. The van der Waals surface area contributed by atoms with Gasteiger partial charge in [-0.05, 0) is 0 Å². The Hall–Kier alpha value is -1.59. The van der Waals surface area contributed by atoms with Crippen LogP contribution in [0.1, 0.15) is 0 Å². The Morgan fingerprint density at radius 1 is 1.27 bits per heavy atom. The third-order valence-electron chi connectivity index (χ3n) is 1.78. The van der Waals surface area contributed by atoms with Crippen LogP contribution in [0, 0.1) is 0 Å². The molecule has 1 N–H and O–H groups in total. The normalized spacial score (nSPS) is 11.1. The van der Waals surface area contributed by atoms with Crippen molar-refractivity contribution in [2.24, 2.45) is 14.1 Å². The van der Waals surface area contributed by atoms with Gasteiger partial charge in [-0.15, -0.1) is 10.2 Å². The largest absolute Gasteiger partial charge is 0.296 e. The van der Waals surface area contributed by atoms with Crippen LogP contribution in [0.3, 0.4) is 0 Å². The van der Waals surface area contributed by atoms with Crippen LogP contribution in [-0.2, 0) is 14.1 Å². The maximum atomic E-state index is 11.2. The van der Waals surface area contributed by atoms with Gasteiger partial charge in [0.05, 0.1) is 0 Å². The summed E-state index contributed by atoms with van der Waals surface area (Å²) in [6.45, 7) is 0. The van der Waals surface area contributed by atoms with Crippen LogP contribution in [0.15, 0.2) is 4.79 Å². The van der Waals surface area contributed by atoms with Crippen LogP contribution >= 0.6 is 0 Å². The van der Waals surface area contributed by atoms with Crippen LogP contribution in [0.2, 0.25) is 0 Å². The maximum Gasteiger partial charge on any atom is 0.296 e. The lowest BCUT2D eigenvalue weighted by atomic mass is 10.6. The Balaban J connectivity index is 3.12. The van der Waals surface area contributed by atoms with E-state index in [0.29, 0.717) is 11.2 Å². The molecule has 2 heterocycles. The molecule has 0 bridgehead atoms. The molecule has 0 saturated carbocycles. The number of aryl methyl sites for hydroxylation is 1. The minimum Gasteiger partial charge on any atom is -0.265 e. The van der Waals surface area contributed by atoms with Crippen molar-refractivity contribution in [1.82, 2.24) is 24.8 Å². The van der Waals surface area contributed by atoms with Crippen molar-refractivity contribution in [2.45, 2.75) is 0 Å². The van der Waals surface area contributed by atoms with Crippen molar-refractivity contribution in [3.05, 3.63) is 10.4 Å². The summed E-state index contributed by atoms with van der Waals surface area (Å²) in [6.07, 6.45) is 0. The lowest BCUT2D eigenvalue weighted by Gasteiger charge is -1.95. The molecule has 0 saturated heterocycles. The molecule has 2 aromatic heterocycles. The van der Waals surface area contributed by atoms with Crippen molar-refractivity contribution in [3.8, 4) is 0 Å². The van der Waals surface area contributed by atoms with Crippen LogP contribution in [0.5, 0.6) is 0 Å². The summed E-state index contributed by atoms with van der Waals surface area (Å²) >= 11 is 0. The van der Waals surface area contributed by atoms with Crippen LogP contribution in [0.25, 0.3) is 11.2 Å². The molecule has 0 aliphatic heterocycles. The van der Waals surface area contributed by atoms with Gasteiger partial charge >= 0.3 is 0 Å². The van der Waals surface area contributed by atoms with Gasteiger partial charge in [0.15, 0.2) is 5.52 Å². The highest BCUT2D eigenvalue weighted by molar-refractivity contribution is 5.68. The Kier molecular flexibility index (Phi) is 0.957. The third kappa shape index (κ3) is 0.580. The zero-order valence-corrected chi connectivity index (χ0v) is 6.20. The van der Waals surface area contributed by atoms with E-state index >= 15 is 0 Å². The summed E-state index contributed by atoms with van der Waals surface area (Å²) in [6, 6.07) is 0. The smallest absolute Gasteiger partial charge is 0.265 e. The molecule has 6 nitrogen and oxygen atoms in total. The molecule has 58 valence electrons. The highest BCUT2D eigenvalue weighted by Crippen LogP contribution is 1.98. The number of nitrogens with zero attached hydrogens (tertiary/aromatic N) is 4. The first kappa shape index (κ1) is 6.14. The molecule has 0 unspecified atom stereocenters. The van der Waals surface area contributed by atoms with E-state index in [1.54, 1.807) is 18.8 Å². The van der Waals surface area contributed by atoms with Gasteiger partial charge in [0.1, 0.15) is 0 Å². The van der Waals surface area contributed by atoms with E-state index in [-0.39, 0.29) is 5.56 Å². The summed E-state index contributed by atoms with van der Waals surface area (Å²) in [5, 5.41) is 9.91. The van der Waals surface area contributed by atoms with Gasteiger partial charge in [-0.2, -0.15) is 5.21 Å². The summed E-state index contributed by atoms with van der Waals surface area (Å²) in [5.74, 6) is 0. The predicted octanol–water partition coefficient (Wildman–Crippen LogP) is -1.00. The minimum atomic E-state index is -0.128. The number of hydrogen-bond acceptors (Lipinski definition) is 3. The van der Waals surface area contributed by atoms with Crippen LogP contribution < -0.4 is 5.56 Å². The van der Waals surface area contributed by atoms with Crippen LogP contribution in [0.4, 0.5) is 0 Å². The number of hydrogen-bond donors (Lipinski definition) is 1. The van der Waals surface area contributed by atoms with E-state index < -0.39 is 0 Å². The molecule has 0 fully saturated rings. The second-order valence-corrected chi connectivity index (χ2v) is 2.35. The average Bonchev–Trinajstić information content (AvgIpc) is 2.53. The highest BCUT2D eigenvalue weighted by atomic mass is 16.1. The fraction of sp³-hybridized carbons (Fsp3) is 0.400. The van der Waals surface area contributed by atoms with Gasteiger partial charge in [0.2, 0.25) is 5.65 Å². The number of aromatic amines is 1. The molecule has 0 atom stereocenters. The topological polar surface area (TPSA) is 68.5 Å². The van der Waals surface area contributed by atoms with Crippen molar-refractivity contribution in [2.75, 3.05) is 0 Å². The van der Waals surface area contributed by atoms with Gasteiger partial charge in [0, 0.05) is 14.1 Å². The number of nitrogens with one attached hydrogen (secondary N) is 1. The first-order valence-electron chi connectivity index (χ1n) is 3.14. The second kappa shape index (κ2) is 1.71. The van der Waals surface area contributed by atoms with Gasteiger partial charge in [-0.1, -0.05) is 0 Å². The number of fused-ring (bicyclic) bond motifs is 1. The SMILES string of the molecule is Cn1c(=O)c2n[nH]nc2n1C. The molecule has 0 aromatic carbocycles. The highest BCUT2D eigenvalue weighted by Gasteiger charge is 2.10. The summed E-state index contributed by atoms with van der Waals surface area (Å²) in [7, 11) is 3.43. The van der Waals surface area contributed by atoms with Gasteiger partial charge < -0.3 is 0 Å². The zero-order chi connectivity index (χ0) is 8.01. The van der Waals surface area contributed by atoms with E-state index in [1.165, 1.54) is 4.68 Å². The molecular weight excluding hydrogens is 146 g/mol. The maximum absolute atomic E-state index is 11.2. The molecule has 0 amide bonds. The van der Waals surface area contributed by atoms with Gasteiger partial charge in [0.25, 0.3) is 5.56 Å². The van der Waals surface area contributed by atoms with E-state index in [4.69, 9.17) is 0 Å². The van der Waals surface area contributed by atoms with Crippen molar-refractivity contribution < 1.29 is 0 Å². The third-order valence-corrected chi connectivity index (χ3v) is 1.78. The predicted molar refractivity (Wildman–Crippen MR) is 38.1 cm³/mol. The molecule has 11 heavy (non-hydrogen) atoms. The lowest BCUT2D eigenvalue weighted by molar-refractivity contribution is 0.587. The fourth-order valence-electron chi connectivity index (χ4n) is 1.03. The Labute approximate surface area is 61.4 Å². The van der Waals surface area contributed by atoms with E-state index in [9.17, 15) is 4.79 Å². The van der Waals surface area contributed by atoms with Gasteiger partial charge in [-0.25, -0.2) is 0 Å². The number of rotatable bonds is 0.